The molecule has 0 unspecified atom stereocenters. The number of nitrogens with one attached hydrogen (secondary N) is 1. The fraction of sp³-hybridized carbons (Fsp3) is 0.154. The lowest BCUT2D eigenvalue weighted by atomic mass is 10.3. The number of amides is 1. The van der Waals surface area contributed by atoms with Gasteiger partial charge in [0.25, 0.3) is 5.91 Å². The largest absolute Gasteiger partial charge is 0.321 e. The predicted molar refractivity (Wildman–Crippen MR) is 79.2 cm³/mol. The van der Waals surface area contributed by atoms with E-state index in [1.165, 1.54) is 36.4 Å². The van der Waals surface area contributed by atoms with Gasteiger partial charge in [0.2, 0.25) is 0 Å². The number of carbonyl (C=O) groups is 1. The minimum atomic E-state index is -3.25. The quantitative estimate of drug-likeness (QED) is 0.930. The molecule has 6 nitrogen and oxygen atoms in total. The Balaban J connectivity index is 2.13. The van der Waals surface area contributed by atoms with Crippen molar-refractivity contribution in [3.8, 4) is 0 Å². The standard InChI is InChI=1S/C13H12ClN3O3S/c1-2-21(19,20)10-5-3-9(4-6-10)15-13(18)11-7-8-12(14)17-16-11/h3-8H,2H2,1H3,(H,15,18). The zero-order valence-corrected chi connectivity index (χ0v) is 12.6. The summed E-state index contributed by atoms with van der Waals surface area (Å²) in [7, 11) is -3.25. The van der Waals surface area contributed by atoms with Crippen LogP contribution < -0.4 is 5.32 Å². The smallest absolute Gasteiger partial charge is 0.276 e. The molecule has 0 fully saturated rings. The third kappa shape index (κ3) is 3.77. The number of aromatic nitrogens is 2. The Hall–Kier alpha value is -1.99. The highest BCUT2D eigenvalue weighted by atomic mass is 35.5. The first-order valence-corrected chi connectivity index (χ1v) is 8.09. The average molecular weight is 326 g/mol. The van der Waals surface area contributed by atoms with Crippen LogP contribution in [0.5, 0.6) is 0 Å². The first kappa shape index (κ1) is 15.4. The molecule has 0 spiro atoms. The molecule has 1 amide bonds. The van der Waals surface area contributed by atoms with Crippen molar-refractivity contribution >= 4 is 33.0 Å². The molecule has 1 aromatic carbocycles. The van der Waals surface area contributed by atoms with Crippen LogP contribution in [0, 0.1) is 0 Å². The molecule has 0 saturated carbocycles. The highest BCUT2D eigenvalue weighted by Gasteiger charge is 2.12. The molecule has 0 aliphatic rings. The number of sulfone groups is 1. The van der Waals surface area contributed by atoms with Crippen molar-refractivity contribution in [2.24, 2.45) is 0 Å². The molecular formula is C13H12ClN3O3S. The third-order valence-electron chi connectivity index (χ3n) is 2.72. The molecule has 0 saturated heterocycles. The van der Waals surface area contributed by atoms with Gasteiger partial charge in [0.15, 0.2) is 20.7 Å². The van der Waals surface area contributed by atoms with Crippen LogP contribution in [0.25, 0.3) is 0 Å². The van der Waals surface area contributed by atoms with Crippen molar-refractivity contribution in [2.45, 2.75) is 11.8 Å². The van der Waals surface area contributed by atoms with E-state index >= 15 is 0 Å². The summed E-state index contributed by atoms with van der Waals surface area (Å²) < 4.78 is 23.3. The molecule has 1 N–H and O–H groups in total. The van der Waals surface area contributed by atoms with E-state index in [1.807, 2.05) is 0 Å². The van der Waals surface area contributed by atoms with Crippen molar-refractivity contribution in [2.75, 3.05) is 11.1 Å². The van der Waals surface area contributed by atoms with Gasteiger partial charge in [-0.3, -0.25) is 4.79 Å². The van der Waals surface area contributed by atoms with Crippen LogP contribution >= 0.6 is 11.6 Å². The summed E-state index contributed by atoms with van der Waals surface area (Å²) in [6, 6.07) is 8.83. The number of hydrogen-bond donors (Lipinski definition) is 1. The molecule has 0 bridgehead atoms. The number of carbonyl (C=O) groups excluding carboxylic acids is 1. The minimum absolute atomic E-state index is 0.0269. The highest BCUT2D eigenvalue weighted by Crippen LogP contribution is 2.16. The number of anilines is 1. The van der Waals surface area contributed by atoms with E-state index in [0.717, 1.165) is 0 Å². The van der Waals surface area contributed by atoms with Gasteiger partial charge in [-0.15, -0.1) is 10.2 Å². The summed E-state index contributed by atoms with van der Waals surface area (Å²) in [4.78, 5) is 12.1. The molecule has 1 aromatic heterocycles. The number of hydrogen-bond acceptors (Lipinski definition) is 5. The monoisotopic (exact) mass is 325 g/mol. The fourth-order valence-electron chi connectivity index (χ4n) is 1.54. The molecule has 8 heteroatoms. The number of rotatable bonds is 4. The maximum Gasteiger partial charge on any atom is 0.276 e. The Kier molecular flexibility index (Phi) is 4.54. The van der Waals surface area contributed by atoms with Crippen LogP contribution in [0.4, 0.5) is 5.69 Å². The van der Waals surface area contributed by atoms with Crippen molar-refractivity contribution in [1.29, 1.82) is 0 Å². The molecule has 2 rings (SSSR count). The second kappa shape index (κ2) is 6.19. The fourth-order valence-corrected chi connectivity index (χ4v) is 2.53. The summed E-state index contributed by atoms with van der Waals surface area (Å²) >= 11 is 5.59. The van der Waals surface area contributed by atoms with E-state index in [2.05, 4.69) is 15.5 Å². The Morgan fingerprint density at radius 3 is 2.33 bits per heavy atom. The van der Waals surface area contributed by atoms with Gasteiger partial charge in [0.05, 0.1) is 10.6 Å². The molecule has 2 aromatic rings. The lowest BCUT2D eigenvalue weighted by Crippen LogP contribution is -2.14. The van der Waals surface area contributed by atoms with Crippen LogP contribution in [-0.2, 0) is 9.84 Å². The van der Waals surface area contributed by atoms with Gasteiger partial charge < -0.3 is 5.32 Å². The van der Waals surface area contributed by atoms with Crippen LogP contribution in [0.3, 0.4) is 0 Å². The lowest BCUT2D eigenvalue weighted by molar-refractivity contribution is 0.102. The van der Waals surface area contributed by atoms with Gasteiger partial charge in [-0.2, -0.15) is 0 Å². The van der Waals surface area contributed by atoms with Crippen LogP contribution in [0.1, 0.15) is 17.4 Å². The Bertz CT molecular complexity index is 743. The van der Waals surface area contributed by atoms with Gasteiger partial charge in [0.1, 0.15) is 0 Å². The van der Waals surface area contributed by atoms with Gasteiger partial charge >= 0.3 is 0 Å². The Morgan fingerprint density at radius 2 is 1.81 bits per heavy atom. The second-order valence-electron chi connectivity index (χ2n) is 4.12. The zero-order chi connectivity index (χ0) is 15.5. The maximum atomic E-state index is 11.9. The minimum Gasteiger partial charge on any atom is -0.321 e. The highest BCUT2D eigenvalue weighted by molar-refractivity contribution is 7.91. The van der Waals surface area contributed by atoms with Crippen LogP contribution in [0.15, 0.2) is 41.3 Å². The number of benzene rings is 1. The van der Waals surface area contributed by atoms with E-state index in [9.17, 15) is 13.2 Å². The van der Waals surface area contributed by atoms with E-state index < -0.39 is 15.7 Å². The summed E-state index contributed by atoms with van der Waals surface area (Å²) in [6.07, 6.45) is 0. The van der Waals surface area contributed by atoms with Gasteiger partial charge in [-0.1, -0.05) is 18.5 Å². The van der Waals surface area contributed by atoms with E-state index in [0.29, 0.717) is 5.69 Å². The van der Waals surface area contributed by atoms with Gasteiger partial charge in [-0.05, 0) is 36.4 Å². The summed E-state index contributed by atoms with van der Waals surface area (Å²) in [5, 5.41) is 10.0. The van der Waals surface area contributed by atoms with E-state index in [4.69, 9.17) is 11.6 Å². The van der Waals surface area contributed by atoms with E-state index in [1.54, 1.807) is 6.92 Å². The predicted octanol–water partition coefficient (Wildman–Crippen LogP) is 2.18. The molecule has 0 aliphatic heterocycles. The molecular weight excluding hydrogens is 314 g/mol. The normalized spacial score (nSPS) is 11.1. The Labute approximate surface area is 127 Å². The Morgan fingerprint density at radius 1 is 1.14 bits per heavy atom. The van der Waals surface area contributed by atoms with Crippen molar-refractivity contribution in [1.82, 2.24) is 10.2 Å². The summed E-state index contributed by atoms with van der Waals surface area (Å²) in [6.45, 7) is 1.57. The van der Waals surface area contributed by atoms with Crippen molar-refractivity contribution in [3.05, 3.63) is 47.2 Å². The van der Waals surface area contributed by atoms with Crippen molar-refractivity contribution in [3.63, 3.8) is 0 Å². The number of halogens is 1. The summed E-state index contributed by atoms with van der Waals surface area (Å²) in [5.74, 6) is -0.427. The number of nitrogens with zero attached hydrogens (tertiary/aromatic N) is 2. The molecule has 0 aliphatic carbocycles. The molecule has 110 valence electrons. The van der Waals surface area contributed by atoms with E-state index in [-0.39, 0.29) is 21.5 Å². The van der Waals surface area contributed by atoms with Gasteiger partial charge in [0, 0.05) is 5.69 Å². The molecule has 0 atom stereocenters. The molecule has 0 radical (unpaired) electrons. The lowest BCUT2D eigenvalue weighted by Gasteiger charge is -2.06. The first-order valence-electron chi connectivity index (χ1n) is 6.06. The first-order chi connectivity index (χ1) is 9.92. The summed E-state index contributed by atoms with van der Waals surface area (Å²) in [5.41, 5.74) is 0.580. The molecule has 21 heavy (non-hydrogen) atoms. The topological polar surface area (TPSA) is 89.0 Å². The second-order valence-corrected chi connectivity index (χ2v) is 6.79. The van der Waals surface area contributed by atoms with Crippen molar-refractivity contribution < 1.29 is 13.2 Å². The zero-order valence-electron chi connectivity index (χ0n) is 11.1. The average Bonchev–Trinajstić information content (AvgIpc) is 2.48. The van der Waals surface area contributed by atoms with Crippen LogP contribution in [-0.4, -0.2) is 30.3 Å². The SMILES string of the molecule is CCS(=O)(=O)c1ccc(NC(=O)c2ccc(Cl)nn2)cc1. The third-order valence-corrected chi connectivity index (χ3v) is 4.67. The van der Waals surface area contributed by atoms with Gasteiger partial charge in [-0.25, -0.2) is 8.42 Å². The molecule has 1 heterocycles. The maximum absolute atomic E-state index is 11.9. The van der Waals surface area contributed by atoms with Crippen LogP contribution in [0.2, 0.25) is 5.15 Å².